The van der Waals surface area contributed by atoms with E-state index in [0.717, 1.165) is 25.7 Å². The first-order valence-corrected chi connectivity index (χ1v) is 8.31. The number of hydrogen-bond acceptors (Lipinski definition) is 2. The van der Waals surface area contributed by atoms with Crippen LogP contribution in [0.5, 0.6) is 0 Å². The Hall–Kier alpha value is -0.910. The van der Waals surface area contributed by atoms with Crippen LogP contribution < -0.4 is 10.6 Å². The summed E-state index contributed by atoms with van der Waals surface area (Å²) in [5.41, 5.74) is -0.274. The summed E-state index contributed by atoms with van der Waals surface area (Å²) in [6.07, 6.45) is 4.50. The highest BCUT2D eigenvalue weighted by Gasteiger charge is 2.36. The number of carbonyl (C=O) groups excluding carboxylic acids is 1. The van der Waals surface area contributed by atoms with Crippen molar-refractivity contribution in [3.63, 3.8) is 0 Å². The summed E-state index contributed by atoms with van der Waals surface area (Å²) in [7, 11) is 1.69. The van der Waals surface area contributed by atoms with Crippen LogP contribution in [0.3, 0.4) is 0 Å². The molecular weight excluding hydrogens is 290 g/mol. The predicted molar refractivity (Wildman–Crippen MR) is 81.1 cm³/mol. The highest BCUT2D eigenvalue weighted by molar-refractivity contribution is 5.74. The maximum absolute atomic E-state index is 13.1. The quantitative estimate of drug-likeness (QED) is 0.834. The second-order valence-corrected chi connectivity index (χ2v) is 7.03. The number of methoxy groups -OCH3 is 1. The van der Waals surface area contributed by atoms with E-state index < -0.39 is 5.92 Å². The average molecular weight is 318 g/mol. The van der Waals surface area contributed by atoms with Crippen LogP contribution >= 0.6 is 0 Å². The number of carbonyl (C=O) groups is 1. The highest BCUT2D eigenvalue weighted by Crippen LogP contribution is 2.34. The van der Waals surface area contributed by atoms with E-state index >= 15 is 0 Å². The normalized spacial score (nSPS) is 32.5. The van der Waals surface area contributed by atoms with Crippen molar-refractivity contribution in [2.45, 2.75) is 75.9 Å². The van der Waals surface area contributed by atoms with E-state index in [1.54, 1.807) is 7.11 Å². The Balaban J connectivity index is 1.73. The summed E-state index contributed by atoms with van der Waals surface area (Å²) in [5, 5.41) is 5.67. The number of hydrogen-bond donors (Lipinski definition) is 2. The zero-order chi connectivity index (χ0) is 16.2. The van der Waals surface area contributed by atoms with Crippen molar-refractivity contribution in [3.05, 3.63) is 0 Å². The number of urea groups is 1. The summed E-state index contributed by atoms with van der Waals surface area (Å²) in [6, 6.07) is -0.422. The first-order valence-electron chi connectivity index (χ1n) is 8.31. The molecule has 0 spiro atoms. The van der Waals surface area contributed by atoms with Gasteiger partial charge in [0, 0.05) is 32.5 Å². The maximum atomic E-state index is 13.1. The first kappa shape index (κ1) is 17.4. The SMILES string of the molecule is COC1(CNC(=O)NC2CCC(F)(F)CC2)CCC(C)CC1. The highest BCUT2D eigenvalue weighted by atomic mass is 19.3. The maximum Gasteiger partial charge on any atom is 0.315 e. The molecular formula is C16H28F2N2O2. The fraction of sp³-hybridized carbons (Fsp3) is 0.938. The predicted octanol–water partition coefficient (Wildman–Crippen LogP) is 3.46. The van der Waals surface area contributed by atoms with Gasteiger partial charge in [-0.2, -0.15) is 0 Å². The number of amides is 2. The third kappa shape index (κ3) is 4.80. The molecule has 2 fully saturated rings. The van der Waals surface area contributed by atoms with E-state index in [0.29, 0.717) is 25.3 Å². The van der Waals surface area contributed by atoms with Crippen molar-refractivity contribution >= 4 is 6.03 Å². The molecule has 0 aromatic carbocycles. The third-order valence-electron chi connectivity index (χ3n) is 5.24. The molecule has 0 aromatic heterocycles. The molecule has 2 rings (SSSR count). The van der Waals surface area contributed by atoms with Crippen molar-refractivity contribution in [1.29, 1.82) is 0 Å². The lowest BCUT2D eigenvalue weighted by Gasteiger charge is -2.38. The lowest BCUT2D eigenvalue weighted by Crippen LogP contribution is -2.51. The molecule has 0 aromatic rings. The zero-order valence-electron chi connectivity index (χ0n) is 13.6. The first-order chi connectivity index (χ1) is 10.3. The molecule has 0 unspecified atom stereocenters. The van der Waals surface area contributed by atoms with Gasteiger partial charge in [-0.15, -0.1) is 0 Å². The Labute approximate surface area is 131 Å². The van der Waals surface area contributed by atoms with Crippen LogP contribution in [-0.2, 0) is 4.74 Å². The molecule has 0 saturated heterocycles. The van der Waals surface area contributed by atoms with Crippen LogP contribution in [0, 0.1) is 5.92 Å². The molecule has 6 heteroatoms. The molecule has 2 N–H and O–H groups in total. The minimum Gasteiger partial charge on any atom is -0.376 e. The Bertz CT molecular complexity index is 372. The van der Waals surface area contributed by atoms with E-state index in [-0.39, 0.29) is 30.5 Å². The molecule has 2 aliphatic rings. The van der Waals surface area contributed by atoms with Gasteiger partial charge in [-0.25, -0.2) is 13.6 Å². The fourth-order valence-corrected chi connectivity index (χ4v) is 3.40. The molecule has 0 heterocycles. The van der Waals surface area contributed by atoms with Crippen molar-refractivity contribution in [1.82, 2.24) is 10.6 Å². The zero-order valence-corrected chi connectivity index (χ0v) is 13.6. The number of nitrogens with one attached hydrogen (secondary N) is 2. The molecule has 0 radical (unpaired) electrons. The largest absolute Gasteiger partial charge is 0.376 e. The van der Waals surface area contributed by atoms with Gasteiger partial charge in [0.25, 0.3) is 0 Å². The van der Waals surface area contributed by atoms with E-state index in [2.05, 4.69) is 17.6 Å². The van der Waals surface area contributed by atoms with Gasteiger partial charge in [0.1, 0.15) is 0 Å². The van der Waals surface area contributed by atoms with Crippen molar-refractivity contribution in [2.24, 2.45) is 5.92 Å². The van der Waals surface area contributed by atoms with Crippen molar-refractivity contribution in [2.75, 3.05) is 13.7 Å². The van der Waals surface area contributed by atoms with Gasteiger partial charge in [-0.3, -0.25) is 0 Å². The topological polar surface area (TPSA) is 50.4 Å². The molecule has 2 aliphatic carbocycles. The lowest BCUT2D eigenvalue weighted by molar-refractivity contribution is -0.0447. The summed E-state index contributed by atoms with van der Waals surface area (Å²) < 4.78 is 31.8. The van der Waals surface area contributed by atoms with Crippen LogP contribution in [0.15, 0.2) is 0 Å². The van der Waals surface area contributed by atoms with Crippen molar-refractivity contribution in [3.8, 4) is 0 Å². The molecule has 0 atom stereocenters. The standard InChI is InChI=1S/C16H28F2N2O2/c1-12-3-7-15(22-2,8-4-12)11-19-14(21)20-13-5-9-16(17,18)10-6-13/h12-13H,3-11H2,1-2H3,(H2,19,20,21). The van der Waals surface area contributed by atoms with Gasteiger partial charge in [-0.05, 0) is 44.4 Å². The summed E-state index contributed by atoms with van der Waals surface area (Å²) in [6.45, 7) is 2.71. The number of halogens is 2. The van der Waals surface area contributed by atoms with Gasteiger partial charge >= 0.3 is 6.03 Å². The monoisotopic (exact) mass is 318 g/mol. The minimum atomic E-state index is -2.56. The Morgan fingerprint density at radius 1 is 1.14 bits per heavy atom. The molecule has 22 heavy (non-hydrogen) atoms. The van der Waals surface area contributed by atoms with E-state index in [9.17, 15) is 13.6 Å². The fourth-order valence-electron chi connectivity index (χ4n) is 3.40. The molecule has 0 bridgehead atoms. The van der Waals surface area contributed by atoms with E-state index in [4.69, 9.17) is 4.74 Å². The number of alkyl halides is 2. The van der Waals surface area contributed by atoms with Gasteiger partial charge in [0.05, 0.1) is 5.60 Å². The van der Waals surface area contributed by atoms with Gasteiger partial charge in [-0.1, -0.05) is 6.92 Å². The van der Waals surface area contributed by atoms with Gasteiger partial charge < -0.3 is 15.4 Å². The van der Waals surface area contributed by atoms with Crippen LogP contribution in [0.1, 0.15) is 58.3 Å². The molecule has 4 nitrogen and oxygen atoms in total. The van der Waals surface area contributed by atoms with Crippen LogP contribution in [0.25, 0.3) is 0 Å². The summed E-state index contributed by atoms with van der Waals surface area (Å²) in [5.74, 6) is -1.85. The third-order valence-corrected chi connectivity index (χ3v) is 5.24. The van der Waals surface area contributed by atoms with E-state index in [1.165, 1.54) is 0 Å². The van der Waals surface area contributed by atoms with Crippen molar-refractivity contribution < 1.29 is 18.3 Å². The van der Waals surface area contributed by atoms with Crippen LogP contribution in [-0.4, -0.2) is 37.3 Å². The second kappa shape index (κ2) is 7.11. The van der Waals surface area contributed by atoms with E-state index in [1.807, 2.05) is 0 Å². The van der Waals surface area contributed by atoms with Gasteiger partial charge in [0.15, 0.2) is 0 Å². The van der Waals surface area contributed by atoms with Crippen LogP contribution in [0.4, 0.5) is 13.6 Å². The lowest BCUT2D eigenvalue weighted by atomic mass is 9.79. The second-order valence-electron chi connectivity index (χ2n) is 7.03. The molecule has 0 aliphatic heterocycles. The Kier molecular flexibility index (Phi) is 5.64. The number of ether oxygens (including phenoxy) is 1. The summed E-state index contributed by atoms with van der Waals surface area (Å²) in [4.78, 5) is 12.0. The molecule has 2 amide bonds. The molecule has 128 valence electrons. The Morgan fingerprint density at radius 2 is 1.73 bits per heavy atom. The summed E-state index contributed by atoms with van der Waals surface area (Å²) >= 11 is 0. The average Bonchev–Trinajstić information content (AvgIpc) is 2.49. The van der Waals surface area contributed by atoms with Crippen LogP contribution in [0.2, 0.25) is 0 Å². The smallest absolute Gasteiger partial charge is 0.315 e. The Morgan fingerprint density at radius 3 is 2.27 bits per heavy atom. The van der Waals surface area contributed by atoms with Gasteiger partial charge in [0.2, 0.25) is 5.92 Å². The number of rotatable bonds is 4. The molecule has 2 saturated carbocycles. The minimum absolute atomic E-state index is 0.141.